The smallest absolute Gasteiger partial charge is 0.289 e. The Morgan fingerprint density at radius 3 is 2.43 bits per heavy atom. The van der Waals surface area contributed by atoms with Crippen LogP contribution in [0.2, 0.25) is 0 Å². The van der Waals surface area contributed by atoms with Gasteiger partial charge in [-0.2, -0.15) is 0 Å². The maximum atomic E-state index is 13.1. The van der Waals surface area contributed by atoms with Crippen LogP contribution in [0.1, 0.15) is 69.7 Å². The number of amides is 2. The van der Waals surface area contributed by atoms with Crippen molar-refractivity contribution in [2.45, 2.75) is 78.4 Å². The normalized spacial score (nSPS) is 15.0. The highest BCUT2D eigenvalue weighted by molar-refractivity contribution is 7.10. The average Bonchev–Trinajstić information content (AvgIpc) is 3.37. The summed E-state index contributed by atoms with van der Waals surface area (Å²) in [6.07, 6.45) is 5.32. The van der Waals surface area contributed by atoms with Crippen molar-refractivity contribution in [1.82, 2.24) is 9.80 Å². The van der Waals surface area contributed by atoms with E-state index >= 15 is 0 Å². The summed E-state index contributed by atoms with van der Waals surface area (Å²) >= 11 is 1.59. The number of carbonyl (C=O) groups is 3. The standard InChI is InChI=1S/C30H42N2O4S/c1-5-7-8-9-27(33)29(34)31(4)20-26-19-25(21-37-26)24-12-10-23(11-13-24)18-28(36-6-2)30(35)32-16-14-22(3)15-17-32/h10-13,19,21-22,28H,5-9,14-18,20H2,1-4H3/t28-/m0/s1. The van der Waals surface area contributed by atoms with E-state index in [2.05, 4.69) is 49.6 Å². The van der Waals surface area contributed by atoms with E-state index in [0.717, 1.165) is 66.8 Å². The van der Waals surface area contributed by atoms with Crippen LogP contribution in [-0.2, 0) is 32.1 Å². The molecule has 0 saturated carbocycles. The molecule has 6 nitrogen and oxygen atoms in total. The van der Waals surface area contributed by atoms with E-state index in [4.69, 9.17) is 4.74 Å². The van der Waals surface area contributed by atoms with Crippen molar-refractivity contribution in [3.63, 3.8) is 0 Å². The summed E-state index contributed by atoms with van der Waals surface area (Å²) in [5.74, 6) is 0.0661. The number of likely N-dealkylation sites (N-methyl/N-ethyl adjacent to an activating group) is 1. The number of ketones is 1. The maximum absolute atomic E-state index is 13.1. The maximum Gasteiger partial charge on any atom is 0.289 e. The Balaban J connectivity index is 1.57. The predicted molar refractivity (Wildman–Crippen MR) is 149 cm³/mol. The molecule has 2 amide bonds. The minimum Gasteiger partial charge on any atom is -0.368 e. The van der Waals surface area contributed by atoms with Crippen LogP contribution < -0.4 is 0 Å². The van der Waals surface area contributed by atoms with Gasteiger partial charge in [0, 0.05) is 44.5 Å². The van der Waals surface area contributed by atoms with Crippen molar-refractivity contribution >= 4 is 28.9 Å². The Morgan fingerprint density at radius 2 is 1.78 bits per heavy atom. The number of likely N-dealkylation sites (tertiary alicyclic amines) is 1. The molecule has 0 spiro atoms. The van der Waals surface area contributed by atoms with Crippen LogP contribution in [0.5, 0.6) is 0 Å². The monoisotopic (exact) mass is 526 g/mol. The first-order valence-electron chi connectivity index (χ1n) is 13.7. The van der Waals surface area contributed by atoms with Crippen LogP contribution in [-0.4, -0.2) is 60.2 Å². The summed E-state index contributed by atoms with van der Waals surface area (Å²) < 4.78 is 5.86. The van der Waals surface area contributed by atoms with Gasteiger partial charge < -0.3 is 14.5 Å². The van der Waals surface area contributed by atoms with Crippen LogP contribution in [0.15, 0.2) is 35.7 Å². The van der Waals surface area contributed by atoms with Crippen molar-refractivity contribution in [3.8, 4) is 11.1 Å². The van der Waals surface area contributed by atoms with Gasteiger partial charge in [-0.25, -0.2) is 0 Å². The topological polar surface area (TPSA) is 66.9 Å². The number of unbranched alkanes of at least 4 members (excludes halogenated alkanes) is 2. The van der Waals surface area contributed by atoms with E-state index in [0.29, 0.717) is 31.9 Å². The summed E-state index contributed by atoms with van der Waals surface area (Å²) in [6.45, 7) is 8.83. The lowest BCUT2D eigenvalue weighted by Crippen LogP contribution is -2.45. The first-order chi connectivity index (χ1) is 17.8. The average molecular weight is 527 g/mol. The Bertz CT molecular complexity index is 1020. The highest BCUT2D eigenvalue weighted by atomic mass is 32.1. The number of hydrogen-bond acceptors (Lipinski definition) is 5. The Labute approximate surface area is 226 Å². The summed E-state index contributed by atoms with van der Waals surface area (Å²) in [5.41, 5.74) is 3.24. The minimum atomic E-state index is -0.449. The lowest BCUT2D eigenvalue weighted by Gasteiger charge is -2.33. The first kappa shape index (κ1) is 29.1. The zero-order chi connectivity index (χ0) is 26.8. The third-order valence-electron chi connectivity index (χ3n) is 7.09. The van der Waals surface area contributed by atoms with Crippen molar-refractivity contribution in [1.29, 1.82) is 0 Å². The molecule has 1 aliphatic rings. The second-order valence-electron chi connectivity index (χ2n) is 10.2. The molecule has 1 aromatic heterocycles. The Kier molecular flexibility index (Phi) is 11.3. The molecule has 1 saturated heterocycles. The largest absolute Gasteiger partial charge is 0.368 e. The number of thiophene rings is 1. The fourth-order valence-electron chi connectivity index (χ4n) is 4.67. The van der Waals surface area contributed by atoms with Gasteiger partial charge in [-0.1, -0.05) is 51.0 Å². The van der Waals surface area contributed by atoms with E-state index in [1.807, 2.05) is 11.8 Å². The molecule has 1 fully saturated rings. The number of piperidine rings is 1. The third kappa shape index (κ3) is 8.50. The molecule has 37 heavy (non-hydrogen) atoms. The summed E-state index contributed by atoms with van der Waals surface area (Å²) in [7, 11) is 1.69. The van der Waals surface area contributed by atoms with Crippen molar-refractivity contribution in [3.05, 3.63) is 46.2 Å². The molecule has 0 N–H and O–H groups in total. The number of hydrogen-bond donors (Lipinski definition) is 0. The van der Waals surface area contributed by atoms with Crippen molar-refractivity contribution < 1.29 is 19.1 Å². The number of nitrogens with zero attached hydrogens (tertiary/aromatic N) is 2. The van der Waals surface area contributed by atoms with E-state index in [-0.39, 0.29) is 11.7 Å². The van der Waals surface area contributed by atoms with Crippen LogP contribution in [0, 0.1) is 5.92 Å². The fourth-order valence-corrected chi connectivity index (χ4v) is 5.62. The van der Waals surface area contributed by atoms with Gasteiger partial charge in [0.05, 0.1) is 6.54 Å². The number of rotatable bonds is 13. The summed E-state index contributed by atoms with van der Waals surface area (Å²) in [6, 6.07) is 10.4. The van der Waals surface area contributed by atoms with E-state index in [1.54, 1.807) is 18.4 Å². The first-order valence-corrected chi connectivity index (χ1v) is 14.6. The molecule has 0 bridgehead atoms. The number of benzene rings is 1. The van der Waals surface area contributed by atoms with E-state index in [9.17, 15) is 14.4 Å². The van der Waals surface area contributed by atoms with E-state index < -0.39 is 12.0 Å². The van der Waals surface area contributed by atoms with Gasteiger partial charge >= 0.3 is 0 Å². The molecule has 0 aliphatic carbocycles. The lowest BCUT2D eigenvalue weighted by molar-refractivity contribution is -0.144. The zero-order valence-corrected chi connectivity index (χ0v) is 23.6. The second kappa shape index (κ2) is 14.4. The molecule has 2 aromatic rings. The third-order valence-corrected chi connectivity index (χ3v) is 8.01. The minimum absolute atomic E-state index is 0.0998. The predicted octanol–water partition coefficient (Wildman–Crippen LogP) is 5.73. The van der Waals surface area contributed by atoms with Gasteiger partial charge in [0.25, 0.3) is 11.8 Å². The molecule has 0 radical (unpaired) electrons. The second-order valence-corrected chi connectivity index (χ2v) is 11.2. The number of carbonyl (C=O) groups excluding carboxylic acids is 3. The van der Waals surface area contributed by atoms with Gasteiger partial charge in [-0.15, -0.1) is 11.3 Å². The quantitative estimate of drug-likeness (QED) is 0.247. The molecule has 1 atom stereocenters. The molecule has 1 aliphatic heterocycles. The number of ether oxygens (including phenoxy) is 1. The molecule has 202 valence electrons. The fraction of sp³-hybridized carbons (Fsp3) is 0.567. The van der Waals surface area contributed by atoms with Crippen LogP contribution in [0.25, 0.3) is 11.1 Å². The molecular weight excluding hydrogens is 484 g/mol. The van der Waals surface area contributed by atoms with Crippen LogP contribution in [0.3, 0.4) is 0 Å². The zero-order valence-electron chi connectivity index (χ0n) is 22.8. The highest BCUT2D eigenvalue weighted by Gasteiger charge is 2.28. The lowest BCUT2D eigenvalue weighted by atomic mass is 9.98. The van der Waals surface area contributed by atoms with Gasteiger partial charge in [0.15, 0.2) is 0 Å². The van der Waals surface area contributed by atoms with Gasteiger partial charge in [-0.3, -0.25) is 14.4 Å². The SMILES string of the molecule is CCCCCC(=O)C(=O)N(C)Cc1cc(-c2ccc(C[C@H](OCC)C(=O)N3CCC(C)CC3)cc2)cs1. The molecule has 1 aromatic carbocycles. The van der Waals surface area contributed by atoms with Crippen LogP contribution >= 0.6 is 11.3 Å². The van der Waals surface area contributed by atoms with Crippen molar-refractivity contribution in [2.75, 3.05) is 26.7 Å². The molecule has 7 heteroatoms. The molecule has 0 unspecified atom stereocenters. The summed E-state index contributed by atoms with van der Waals surface area (Å²) in [4.78, 5) is 42.1. The van der Waals surface area contributed by atoms with Crippen LogP contribution in [0.4, 0.5) is 0 Å². The van der Waals surface area contributed by atoms with Gasteiger partial charge in [0.2, 0.25) is 5.78 Å². The van der Waals surface area contributed by atoms with Crippen molar-refractivity contribution in [2.24, 2.45) is 5.92 Å². The summed E-state index contributed by atoms with van der Waals surface area (Å²) in [5, 5.41) is 2.08. The molecule has 2 heterocycles. The van der Waals surface area contributed by atoms with E-state index in [1.165, 1.54) is 4.90 Å². The van der Waals surface area contributed by atoms with Gasteiger partial charge in [0.1, 0.15) is 6.10 Å². The number of Topliss-reactive ketones (excluding diaryl/α,β-unsaturated/α-hetero) is 1. The Hall–Kier alpha value is -2.51. The Morgan fingerprint density at radius 1 is 1.08 bits per heavy atom. The molecule has 3 rings (SSSR count). The van der Waals surface area contributed by atoms with Gasteiger partial charge in [-0.05, 0) is 60.2 Å². The highest BCUT2D eigenvalue weighted by Crippen LogP contribution is 2.27. The molecular formula is C30H42N2O4S.